The van der Waals surface area contributed by atoms with Crippen LogP contribution < -0.4 is 10.5 Å². The molecule has 1 rings (SSSR count). The highest BCUT2D eigenvalue weighted by atomic mass is 32.2. The molecule has 0 atom stereocenters. The molecule has 1 amide bonds. The largest absolute Gasteiger partial charge is 0.355 e. The lowest BCUT2D eigenvalue weighted by molar-refractivity contribution is -0.121. The quantitative estimate of drug-likeness (QED) is 0.606. The lowest BCUT2D eigenvalue weighted by atomic mass is 10.4. The second kappa shape index (κ2) is 5.56. The first-order chi connectivity index (χ1) is 7.47. The Balaban J connectivity index is 2.17. The van der Waals surface area contributed by atoms with Gasteiger partial charge in [0.25, 0.3) is 0 Å². The number of nitrogens with one attached hydrogen (secondary N) is 1. The van der Waals surface area contributed by atoms with E-state index < -0.39 is 10.0 Å². The lowest BCUT2D eigenvalue weighted by Crippen LogP contribution is -2.31. The van der Waals surface area contributed by atoms with Crippen LogP contribution in [0.25, 0.3) is 0 Å². The fraction of sp³-hybridized carbons (Fsp3) is 0.571. The molecule has 0 saturated heterocycles. The predicted octanol–water partition coefficient (Wildman–Crippen LogP) is -1.93. The summed E-state index contributed by atoms with van der Waals surface area (Å²) in [6.07, 6.45) is 3.37. The number of carbonyl (C=O) groups excluding carboxylic acids is 1. The minimum atomic E-state index is -3.52. The molecule has 0 radical (unpaired) electrons. The van der Waals surface area contributed by atoms with E-state index in [-0.39, 0.29) is 24.6 Å². The summed E-state index contributed by atoms with van der Waals surface area (Å²) < 4.78 is 22.6. The Labute approximate surface area is 92.9 Å². The summed E-state index contributed by atoms with van der Waals surface area (Å²) in [4.78, 5) is 11.2. The van der Waals surface area contributed by atoms with Crippen molar-refractivity contribution in [2.24, 2.45) is 5.14 Å². The summed E-state index contributed by atoms with van der Waals surface area (Å²) in [5.74, 6) is -0.513. The van der Waals surface area contributed by atoms with Crippen molar-refractivity contribution in [3.8, 4) is 0 Å². The highest BCUT2D eigenvalue weighted by Gasteiger charge is 2.05. The summed E-state index contributed by atoms with van der Waals surface area (Å²) in [7, 11) is -3.52. The molecule has 0 bridgehead atoms. The molecule has 8 nitrogen and oxygen atoms in total. The molecule has 16 heavy (non-hydrogen) atoms. The van der Waals surface area contributed by atoms with Gasteiger partial charge < -0.3 is 5.32 Å². The Hall–Kier alpha value is -1.48. The van der Waals surface area contributed by atoms with Gasteiger partial charge in [-0.3, -0.25) is 9.48 Å². The topological polar surface area (TPSA) is 120 Å². The third-order valence-electron chi connectivity index (χ3n) is 1.75. The third kappa shape index (κ3) is 5.41. The van der Waals surface area contributed by atoms with Gasteiger partial charge in [0.1, 0.15) is 0 Å². The highest BCUT2D eigenvalue weighted by Crippen LogP contribution is 1.87. The lowest BCUT2D eigenvalue weighted by Gasteiger charge is -2.03. The molecule has 9 heteroatoms. The molecule has 0 spiro atoms. The van der Waals surface area contributed by atoms with E-state index in [4.69, 9.17) is 5.14 Å². The minimum Gasteiger partial charge on any atom is -0.355 e. The summed E-state index contributed by atoms with van der Waals surface area (Å²) in [5, 5.41) is 14.5. The molecule has 0 saturated carbocycles. The first-order valence-corrected chi connectivity index (χ1v) is 6.30. The molecule has 0 unspecified atom stereocenters. The maximum Gasteiger partial charge on any atom is 0.221 e. The van der Waals surface area contributed by atoms with Crippen LogP contribution in [0, 0.1) is 0 Å². The Morgan fingerprint density at radius 1 is 1.50 bits per heavy atom. The smallest absolute Gasteiger partial charge is 0.221 e. The summed E-state index contributed by atoms with van der Waals surface area (Å²) in [6.45, 7) is 0.427. The van der Waals surface area contributed by atoms with Crippen LogP contribution in [0.3, 0.4) is 0 Å². The summed E-state index contributed by atoms with van der Waals surface area (Å²) in [5.41, 5.74) is 0. The second-order valence-electron chi connectivity index (χ2n) is 3.13. The molecular weight excluding hydrogens is 234 g/mol. The zero-order chi connectivity index (χ0) is 12.0. The Bertz CT molecular complexity index is 427. The van der Waals surface area contributed by atoms with Crippen molar-refractivity contribution in [1.29, 1.82) is 0 Å². The Morgan fingerprint density at radius 2 is 2.25 bits per heavy atom. The van der Waals surface area contributed by atoms with E-state index in [0.717, 1.165) is 0 Å². The van der Waals surface area contributed by atoms with Crippen molar-refractivity contribution >= 4 is 15.9 Å². The van der Waals surface area contributed by atoms with Crippen molar-refractivity contribution in [3.63, 3.8) is 0 Å². The van der Waals surface area contributed by atoms with Crippen molar-refractivity contribution in [1.82, 2.24) is 20.3 Å². The number of rotatable bonds is 6. The number of aryl methyl sites for hydroxylation is 1. The third-order valence-corrected chi connectivity index (χ3v) is 2.52. The second-order valence-corrected chi connectivity index (χ2v) is 4.87. The van der Waals surface area contributed by atoms with E-state index in [1.807, 2.05) is 0 Å². The normalized spacial score (nSPS) is 11.3. The fourth-order valence-corrected chi connectivity index (χ4v) is 1.38. The van der Waals surface area contributed by atoms with Gasteiger partial charge in [0.2, 0.25) is 15.9 Å². The van der Waals surface area contributed by atoms with Crippen molar-refractivity contribution in [2.45, 2.75) is 13.0 Å². The fourth-order valence-electron chi connectivity index (χ4n) is 0.989. The molecule has 0 aliphatic rings. The van der Waals surface area contributed by atoms with Gasteiger partial charge in [-0.05, 0) is 0 Å². The van der Waals surface area contributed by atoms with Gasteiger partial charge in [0, 0.05) is 19.2 Å². The van der Waals surface area contributed by atoms with Crippen LogP contribution in [0.15, 0.2) is 12.4 Å². The van der Waals surface area contributed by atoms with Gasteiger partial charge in [-0.25, -0.2) is 13.6 Å². The van der Waals surface area contributed by atoms with Crippen LogP contribution in [-0.4, -0.2) is 41.6 Å². The standard InChI is InChI=1S/C7H13N5O3S/c8-16(14,15)6-3-9-7(13)1-4-12-5-2-10-11-12/h2,5H,1,3-4,6H2,(H,9,13)(H2,8,14,15). The minimum absolute atomic E-state index is 0.0228. The monoisotopic (exact) mass is 247 g/mol. The maximum atomic E-state index is 11.2. The predicted molar refractivity (Wildman–Crippen MR) is 55.6 cm³/mol. The van der Waals surface area contributed by atoms with E-state index in [2.05, 4.69) is 15.6 Å². The van der Waals surface area contributed by atoms with Crippen molar-refractivity contribution in [2.75, 3.05) is 12.3 Å². The van der Waals surface area contributed by atoms with Gasteiger partial charge in [0.05, 0.1) is 18.5 Å². The first-order valence-electron chi connectivity index (χ1n) is 4.58. The van der Waals surface area contributed by atoms with Gasteiger partial charge in [0.15, 0.2) is 0 Å². The zero-order valence-electron chi connectivity index (χ0n) is 8.54. The van der Waals surface area contributed by atoms with Crippen LogP contribution in [0.1, 0.15) is 6.42 Å². The van der Waals surface area contributed by atoms with Crippen LogP contribution in [0.4, 0.5) is 0 Å². The van der Waals surface area contributed by atoms with E-state index >= 15 is 0 Å². The number of carbonyl (C=O) groups is 1. The van der Waals surface area contributed by atoms with Crippen molar-refractivity contribution in [3.05, 3.63) is 12.4 Å². The van der Waals surface area contributed by atoms with Gasteiger partial charge in [-0.15, -0.1) is 5.10 Å². The molecule has 1 aromatic heterocycles. The first kappa shape index (κ1) is 12.6. The Kier molecular flexibility index (Phi) is 4.38. The molecule has 0 aromatic carbocycles. The van der Waals surface area contributed by atoms with Gasteiger partial charge in [-0.1, -0.05) is 5.21 Å². The number of hydrogen-bond acceptors (Lipinski definition) is 5. The molecule has 0 aliphatic carbocycles. The maximum absolute atomic E-state index is 11.2. The number of nitrogens with zero attached hydrogens (tertiary/aromatic N) is 3. The number of hydrogen-bond donors (Lipinski definition) is 2. The molecular formula is C7H13N5O3S. The van der Waals surface area contributed by atoms with Crippen molar-refractivity contribution < 1.29 is 13.2 Å². The van der Waals surface area contributed by atoms with Crippen LogP contribution >= 0.6 is 0 Å². The van der Waals surface area contributed by atoms with E-state index in [1.165, 1.54) is 10.9 Å². The molecule has 3 N–H and O–H groups in total. The number of amides is 1. The zero-order valence-corrected chi connectivity index (χ0v) is 9.35. The SMILES string of the molecule is NS(=O)(=O)CCNC(=O)CCn1ccnn1. The number of sulfonamides is 1. The molecule has 1 aromatic rings. The Morgan fingerprint density at radius 3 is 2.81 bits per heavy atom. The summed E-state index contributed by atoms with van der Waals surface area (Å²) >= 11 is 0. The average Bonchev–Trinajstić information content (AvgIpc) is 2.65. The summed E-state index contributed by atoms with van der Waals surface area (Å²) in [6, 6.07) is 0. The number of nitrogens with two attached hydrogens (primary N) is 1. The van der Waals surface area contributed by atoms with E-state index in [1.54, 1.807) is 6.20 Å². The number of primary sulfonamides is 1. The molecule has 0 fully saturated rings. The van der Waals surface area contributed by atoms with Gasteiger partial charge in [-0.2, -0.15) is 0 Å². The van der Waals surface area contributed by atoms with E-state index in [0.29, 0.717) is 6.54 Å². The highest BCUT2D eigenvalue weighted by molar-refractivity contribution is 7.89. The molecule has 1 heterocycles. The number of aromatic nitrogens is 3. The average molecular weight is 247 g/mol. The molecule has 90 valence electrons. The van der Waals surface area contributed by atoms with Crippen LogP contribution in [0.5, 0.6) is 0 Å². The van der Waals surface area contributed by atoms with Crippen LogP contribution in [-0.2, 0) is 21.4 Å². The molecule has 0 aliphatic heterocycles. The van der Waals surface area contributed by atoms with E-state index in [9.17, 15) is 13.2 Å². The van der Waals surface area contributed by atoms with Gasteiger partial charge >= 0.3 is 0 Å². The van der Waals surface area contributed by atoms with Crippen LogP contribution in [0.2, 0.25) is 0 Å².